The molecule has 0 bridgehead atoms. The number of aromatic nitrogens is 2. The molecule has 35 heavy (non-hydrogen) atoms. The molecule has 0 saturated carbocycles. The van der Waals surface area contributed by atoms with Gasteiger partial charge in [0.05, 0.1) is 27.6 Å². The van der Waals surface area contributed by atoms with Gasteiger partial charge < -0.3 is 14.2 Å². The lowest BCUT2D eigenvalue weighted by Gasteiger charge is -2.12. The van der Waals surface area contributed by atoms with E-state index in [-0.39, 0.29) is 0 Å². The molecule has 0 fully saturated rings. The topological polar surface area (TPSA) is 47.2 Å². The number of nitrogens with zero attached hydrogens (tertiary/aromatic N) is 2. The second-order valence-corrected chi connectivity index (χ2v) is 8.78. The average Bonchev–Trinajstić information content (AvgIpc) is 3.41. The number of fused-ring (bicyclic) bond motifs is 6. The first kappa shape index (κ1) is 19.6. The predicted molar refractivity (Wildman–Crippen MR) is 142 cm³/mol. The van der Waals surface area contributed by atoms with Crippen LogP contribution >= 0.6 is 0 Å². The Bertz CT molecular complexity index is 1890. The Morgan fingerprint density at radius 3 is 1.46 bits per heavy atom. The van der Waals surface area contributed by atoms with Crippen molar-refractivity contribution in [1.82, 2.24) is 9.13 Å². The van der Waals surface area contributed by atoms with Crippen LogP contribution in [0.1, 0.15) is 10.4 Å². The Balaban J connectivity index is 1.53. The van der Waals surface area contributed by atoms with Gasteiger partial charge in [-0.1, -0.05) is 60.7 Å². The smallest absolute Gasteiger partial charge is 0.335 e. The van der Waals surface area contributed by atoms with Crippen molar-refractivity contribution in [2.75, 3.05) is 0 Å². The molecule has 0 aliphatic heterocycles. The molecule has 0 amide bonds. The van der Waals surface area contributed by atoms with Crippen molar-refractivity contribution in [2.24, 2.45) is 0 Å². The minimum atomic E-state index is -0.919. The van der Waals surface area contributed by atoms with Gasteiger partial charge in [-0.3, -0.25) is 0 Å². The molecule has 0 spiro atoms. The molecule has 0 saturated heterocycles. The summed E-state index contributed by atoms with van der Waals surface area (Å²) >= 11 is 0. The van der Waals surface area contributed by atoms with E-state index >= 15 is 0 Å². The van der Waals surface area contributed by atoms with Gasteiger partial charge in [0.15, 0.2) is 0 Å². The van der Waals surface area contributed by atoms with Gasteiger partial charge in [0, 0.05) is 32.9 Å². The molecule has 0 aliphatic carbocycles. The van der Waals surface area contributed by atoms with E-state index in [1.54, 1.807) is 12.1 Å². The van der Waals surface area contributed by atoms with Crippen molar-refractivity contribution in [3.8, 4) is 11.4 Å². The molecule has 7 rings (SSSR count). The molecular formula is C31H20N2O2. The zero-order chi connectivity index (χ0) is 23.5. The highest BCUT2D eigenvalue weighted by atomic mass is 16.4. The summed E-state index contributed by atoms with van der Waals surface area (Å²) in [6, 6.07) is 39.0. The van der Waals surface area contributed by atoms with Crippen LogP contribution in [-0.4, -0.2) is 20.2 Å². The van der Waals surface area contributed by atoms with Gasteiger partial charge in [-0.2, -0.15) is 0 Å². The quantitative estimate of drug-likeness (QED) is 0.300. The standard InChI is InChI=1S/C31H20N2O2/c34-31(35)20-16-17-30-26(18-20)25-12-3-6-15-29(25)33(30)22-9-7-8-21(19-22)32-27-13-4-1-10-23(27)24-11-2-5-14-28(24)32/h1-19H,(H,34,35). The van der Waals surface area contributed by atoms with Crippen molar-refractivity contribution >= 4 is 49.6 Å². The van der Waals surface area contributed by atoms with Crippen LogP contribution in [0.4, 0.5) is 0 Å². The fraction of sp³-hybridized carbons (Fsp3) is 0. The van der Waals surface area contributed by atoms with Gasteiger partial charge in [-0.15, -0.1) is 0 Å². The minimum Gasteiger partial charge on any atom is -0.478 e. The molecule has 2 heterocycles. The van der Waals surface area contributed by atoms with E-state index in [4.69, 9.17) is 0 Å². The first-order valence-electron chi connectivity index (χ1n) is 11.6. The summed E-state index contributed by atoms with van der Waals surface area (Å²) in [6.07, 6.45) is 0. The summed E-state index contributed by atoms with van der Waals surface area (Å²) < 4.78 is 4.53. The monoisotopic (exact) mass is 452 g/mol. The van der Waals surface area contributed by atoms with Gasteiger partial charge in [-0.05, 0) is 54.6 Å². The third-order valence-corrected chi connectivity index (χ3v) is 6.85. The first-order valence-corrected chi connectivity index (χ1v) is 11.6. The Morgan fingerprint density at radius 1 is 0.486 bits per heavy atom. The number of para-hydroxylation sites is 3. The van der Waals surface area contributed by atoms with Crippen LogP contribution in [0, 0.1) is 0 Å². The second-order valence-electron chi connectivity index (χ2n) is 8.78. The number of hydrogen-bond donors (Lipinski definition) is 1. The van der Waals surface area contributed by atoms with E-state index in [0.29, 0.717) is 5.56 Å². The molecule has 0 unspecified atom stereocenters. The first-order chi connectivity index (χ1) is 17.2. The summed E-state index contributed by atoms with van der Waals surface area (Å²) in [4.78, 5) is 11.6. The summed E-state index contributed by atoms with van der Waals surface area (Å²) in [7, 11) is 0. The Morgan fingerprint density at radius 2 is 0.943 bits per heavy atom. The average molecular weight is 453 g/mol. The lowest BCUT2D eigenvalue weighted by Crippen LogP contribution is -1.99. The zero-order valence-corrected chi connectivity index (χ0v) is 18.7. The fourth-order valence-electron chi connectivity index (χ4n) is 5.36. The summed E-state index contributed by atoms with van der Waals surface area (Å²) in [5, 5.41) is 14.0. The van der Waals surface area contributed by atoms with E-state index in [0.717, 1.165) is 33.2 Å². The molecule has 0 aliphatic rings. The molecule has 7 aromatic rings. The van der Waals surface area contributed by atoms with Crippen molar-refractivity contribution in [3.05, 3.63) is 121 Å². The molecule has 2 aromatic heterocycles. The van der Waals surface area contributed by atoms with Crippen molar-refractivity contribution in [1.29, 1.82) is 0 Å². The van der Waals surface area contributed by atoms with Crippen LogP contribution in [0.15, 0.2) is 115 Å². The Hall–Kier alpha value is -4.83. The van der Waals surface area contributed by atoms with Crippen molar-refractivity contribution in [3.63, 3.8) is 0 Å². The van der Waals surface area contributed by atoms with Gasteiger partial charge in [-0.25, -0.2) is 4.79 Å². The van der Waals surface area contributed by atoms with E-state index in [1.165, 1.54) is 21.8 Å². The highest BCUT2D eigenvalue weighted by Gasteiger charge is 2.16. The number of carboxylic acids is 1. The number of aromatic carboxylic acids is 1. The number of carbonyl (C=O) groups is 1. The fourth-order valence-corrected chi connectivity index (χ4v) is 5.36. The normalized spacial score (nSPS) is 11.7. The summed E-state index contributed by atoms with van der Waals surface area (Å²) in [6.45, 7) is 0. The molecule has 0 radical (unpaired) electrons. The molecule has 1 N–H and O–H groups in total. The van der Waals surface area contributed by atoms with Gasteiger partial charge >= 0.3 is 5.97 Å². The summed E-state index contributed by atoms with van der Waals surface area (Å²) in [5.41, 5.74) is 6.75. The van der Waals surface area contributed by atoms with Crippen LogP contribution in [0.2, 0.25) is 0 Å². The molecule has 5 aromatic carbocycles. The second kappa shape index (κ2) is 7.34. The van der Waals surface area contributed by atoms with Crippen LogP contribution in [0.3, 0.4) is 0 Å². The van der Waals surface area contributed by atoms with Crippen molar-refractivity contribution in [2.45, 2.75) is 0 Å². The molecule has 0 atom stereocenters. The maximum absolute atomic E-state index is 11.6. The number of benzene rings is 5. The number of hydrogen-bond acceptors (Lipinski definition) is 1. The zero-order valence-electron chi connectivity index (χ0n) is 18.7. The molecular weight excluding hydrogens is 432 g/mol. The Labute approximate surface area is 200 Å². The maximum Gasteiger partial charge on any atom is 0.335 e. The van der Waals surface area contributed by atoms with Crippen LogP contribution < -0.4 is 0 Å². The highest BCUT2D eigenvalue weighted by molar-refractivity contribution is 6.11. The lowest BCUT2D eigenvalue weighted by atomic mass is 10.1. The highest BCUT2D eigenvalue weighted by Crippen LogP contribution is 2.35. The minimum absolute atomic E-state index is 0.291. The van der Waals surface area contributed by atoms with E-state index in [2.05, 4.69) is 94.1 Å². The summed E-state index contributed by atoms with van der Waals surface area (Å²) in [5.74, 6) is -0.919. The third kappa shape index (κ3) is 2.83. The SMILES string of the molecule is O=C(O)c1ccc2c(c1)c1ccccc1n2-c1cccc(-n2c3ccccc3c3ccccc32)c1. The van der Waals surface area contributed by atoms with E-state index in [1.807, 2.05) is 18.2 Å². The lowest BCUT2D eigenvalue weighted by molar-refractivity contribution is 0.0697. The third-order valence-electron chi connectivity index (χ3n) is 6.85. The van der Waals surface area contributed by atoms with Crippen LogP contribution in [-0.2, 0) is 0 Å². The maximum atomic E-state index is 11.6. The predicted octanol–water partition coefficient (Wildman–Crippen LogP) is 7.58. The van der Waals surface area contributed by atoms with Crippen molar-refractivity contribution < 1.29 is 9.90 Å². The Kier molecular flexibility index (Phi) is 4.11. The molecule has 4 heteroatoms. The molecule has 166 valence electrons. The van der Waals surface area contributed by atoms with Gasteiger partial charge in [0.25, 0.3) is 0 Å². The molecule has 4 nitrogen and oxygen atoms in total. The van der Waals surface area contributed by atoms with Gasteiger partial charge in [0.2, 0.25) is 0 Å². The number of rotatable bonds is 3. The van der Waals surface area contributed by atoms with Crippen LogP contribution in [0.25, 0.3) is 55.0 Å². The van der Waals surface area contributed by atoms with E-state index < -0.39 is 5.97 Å². The number of carboxylic acid groups (broad SMARTS) is 1. The largest absolute Gasteiger partial charge is 0.478 e. The van der Waals surface area contributed by atoms with E-state index in [9.17, 15) is 9.90 Å². The van der Waals surface area contributed by atoms with Gasteiger partial charge in [0.1, 0.15) is 0 Å². The van der Waals surface area contributed by atoms with Crippen LogP contribution in [0.5, 0.6) is 0 Å².